The van der Waals surface area contributed by atoms with Crippen LogP contribution in [0.4, 0.5) is 0 Å². The number of hydrogen-bond donors (Lipinski definition) is 2. The van der Waals surface area contributed by atoms with Crippen molar-refractivity contribution in [3.63, 3.8) is 0 Å². The molecule has 1 aromatic rings. The highest BCUT2D eigenvalue weighted by atomic mass is 16.5. The Balaban J connectivity index is 1.69. The quantitative estimate of drug-likeness (QED) is 0.845. The summed E-state index contributed by atoms with van der Waals surface area (Å²) in [6, 6.07) is 8.27. The van der Waals surface area contributed by atoms with Gasteiger partial charge in [-0.25, -0.2) is 0 Å². The van der Waals surface area contributed by atoms with Crippen LogP contribution in [0.25, 0.3) is 0 Å². The Kier molecular flexibility index (Phi) is 6.21. The predicted molar refractivity (Wildman–Crippen MR) is 84.2 cm³/mol. The van der Waals surface area contributed by atoms with Crippen LogP contribution in [0, 0.1) is 6.92 Å². The van der Waals surface area contributed by atoms with Gasteiger partial charge < -0.3 is 15.4 Å². The van der Waals surface area contributed by atoms with Crippen LogP contribution >= 0.6 is 0 Å². The molecule has 1 heterocycles. The highest BCUT2D eigenvalue weighted by Gasteiger charge is 2.14. The number of aryl methyl sites for hydroxylation is 1. The minimum absolute atomic E-state index is 0.0382. The lowest BCUT2D eigenvalue weighted by Crippen LogP contribution is -2.33. The summed E-state index contributed by atoms with van der Waals surface area (Å²) < 4.78 is 5.76. The number of carbonyl (C=O) groups excluding carboxylic acids is 1. The summed E-state index contributed by atoms with van der Waals surface area (Å²) in [6.07, 6.45) is 2.83. The first kappa shape index (κ1) is 16.0. The van der Waals surface area contributed by atoms with Gasteiger partial charge in [0, 0.05) is 6.42 Å². The second-order valence-corrected chi connectivity index (χ2v) is 5.77. The second-order valence-electron chi connectivity index (χ2n) is 5.77. The zero-order valence-corrected chi connectivity index (χ0v) is 13.0. The number of rotatable bonds is 6. The van der Waals surface area contributed by atoms with E-state index in [2.05, 4.69) is 29.7 Å². The third-order valence-electron chi connectivity index (χ3n) is 3.89. The molecule has 1 atom stereocenters. The first-order valence-corrected chi connectivity index (χ1v) is 7.83. The van der Waals surface area contributed by atoms with E-state index in [1.54, 1.807) is 0 Å². The fourth-order valence-corrected chi connectivity index (χ4v) is 2.62. The van der Waals surface area contributed by atoms with Crippen molar-refractivity contribution < 1.29 is 9.53 Å². The molecular weight excluding hydrogens is 264 g/mol. The van der Waals surface area contributed by atoms with Gasteiger partial charge in [0.2, 0.25) is 5.91 Å². The summed E-state index contributed by atoms with van der Waals surface area (Å²) in [5, 5.41) is 6.33. The molecule has 21 heavy (non-hydrogen) atoms. The van der Waals surface area contributed by atoms with Gasteiger partial charge in [-0.1, -0.05) is 29.8 Å². The number of ether oxygens (including phenoxy) is 1. The first-order valence-electron chi connectivity index (χ1n) is 7.83. The van der Waals surface area contributed by atoms with Gasteiger partial charge in [-0.05, 0) is 45.3 Å². The number of hydrogen-bond acceptors (Lipinski definition) is 3. The molecule has 2 N–H and O–H groups in total. The maximum absolute atomic E-state index is 11.9. The molecular formula is C17H26N2O2. The lowest BCUT2D eigenvalue weighted by molar-refractivity contribution is -0.123. The summed E-state index contributed by atoms with van der Waals surface area (Å²) in [5.74, 6) is 0.0536. The van der Waals surface area contributed by atoms with E-state index < -0.39 is 0 Å². The number of amides is 1. The number of piperidine rings is 1. The normalized spacial score (nSPS) is 17.4. The highest BCUT2D eigenvalue weighted by molar-refractivity contribution is 5.76. The fourth-order valence-electron chi connectivity index (χ4n) is 2.62. The Labute approximate surface area is 127 Å². The lowest BCUT2D eigenvalue weighted by atomic mass is 10.1. The van der Waals surface area contributed by atoms with Crippen LogP contribution in [0.3, 0.4) is 0 Å². The van der Waals surface area contributed by atoms with Gasteiger partial charge in [0.15, 0.2) is 0 Å². The molecule has 0 aliphatic carbocycles. The average Bonchev–Trinajstić information content (AvgIpc) is 2.48. The Morgan fingerprint density at radius 3 is 2.90 bits per heavy atom. The zero-order chi connectivity index (χ0) is 15.1. The van der Waals surface area contributed by atoms with Crippen LogP contribution in [0.2, 0.25) is 0 Å². The molecule has 0 saturated carbocycles. The van der Waals surface area contributed by atoms with E-state index in [1.807, 2.05) is 19.1 Å². The second kappa shape index (κ2) is 8.15. The van der Waals surface area contributed by atoms with E-state index in [1.165, 1.54) is 5.56 Å². The topological polar surface area (TPSA) is 50.4 Å². The molecule has 4 heteroatoms. The minimum Gasteiger partial charge on any atom is -0.378 e. The average molecular weight is 290 g/mol. The molecule has 2 rings (SSSR count). The van der Waals surface area contributed by atoms with Crippen molar-refractivity contribution in [2.45, 2.75) is 45.3 Å². The van der Waals surface area contributed by atoms with Crippen molar-refractivity contribution in [2.24, 2.45) is 0 Å². The van der Waals surface area contributed by atoms with Crippen LogP contribution < -0.4 is 10.6 Å². The summed E-state index contributed by atoms with van der Waals surface area (Å²) in [6.45, 7) is 6.62. The summed E-state index contributed by atoms with van der Waals surface area (Å²) in [4.78, 5) is 11.9. The number of nitrogens with one attached hydrogen (secondary N) is 2. The molecule has 1 amide bonds. The summed E-state index contributed by atoms with van der Waals surface area (Å²) >= 11 is 0. The van der Waals surface area contributed by atoms with E-state index in [4.69, 9.17) is 4.74 Å². The van der Waals surface area contributed by atoms with Crippen LogP contribution in [0.1, 0.15) is 43.4 Å². The predicted octanol–water partition coefficient (Wildman–Crippen LogP) is 2.33. The molecule has 1 saturated heterocycles. The van der Waals surface area contributed by atoms with E-state index in [0.29, 0.717) is 19.1 Å². The van der Waals surface area contributed by atoms with Crippen molar-refractivity contribution in [3.8, 4) is 0 Å². The molecule has 0 radical (unpaired) electrons. The number of benzene rings is 1. The largest absolute Gasteiger partial charge is 0.378 e. The molecule has 0 bridgehead atoms. The third-order valence-corrected chi connectivity index (χ3v) is 3.89. The van der Waals surface area contributed by atoms with Gasteiger partial charge in [0.1, 0.15) is 0 Å². The van der Waals surface area contributed by atoms with Gasteiger partial charge in [-0.2, -0.15) is 0 Å². The smallest absolute Gasteiger partial charge is 0.222 e. The molecule has 0 spiro atoms. The third kappa shape index (κ3) is 5.48. The van der Waals surface area contributed by atoms with Crippen molar-refractivity contribution in [2.75, 3.05) is 19.7 Å². The van der Waals surface area contributed by atoms with Gasteiger partial charge in [0.05, 0.1) is 18.8 Å². The summed E-state index contributed by atoms with van der Waals surface area (Å²) in [5.41, 5.74) is 2.35. The van der Waals surface area contributed by atoms with Crippen molar-refractivity contribution in [1.29, 1.82) is 0 Å². The zero-order valence-electron chi connectivity index (χ0n) is 13.0. The minimum atomic E-state index is 0.0382. The molecule has 1 aromatic carbocycles. The lowest BCUT2D eigenvalue weighted by Gasteiger charge is -2.23. The van der Waals surface area contributed by atoms with E-state index in [-0.39, 0.29) is 11.9 Å². The van der Waals surface area contributed by atoms with E-state index in [9.17, 15) is 4.79 Å². The van der Waals surface area contributed by atoms with Crippen LogP contribution in [-0.4, -0.2) is 31.7 Å². The van der Waals surface area contributed by atoms with Crippen molar-refractivity contribution in [3.05, 3.63) is 35.4 Å². The van der Waals surface area contributed by atoms with Gasteiger partial charge in [0.25, 0.3) is 0 Å². The maximum Gasteiger partial charge on any atom is 0.222 e. The Morgan fingerprint density at radius 1 is 1.43 bits per heavy atom. The molecule has 1 aliphatic rings. The van der Waals surface area contributed by atoms with Gasteiger partial charge in [-0.15, -0.1) is 0 Å². The van der Waals surface area contributed by atoms with Crippen LogP contribution in [0.15, 0.2) is 24.3 Å². The fraction of sp³-hybridized carbons (Fsp3) is 0.588. The monoisotopic (exact) mass is 290 g/mol. The molecule has 4 nitrogen and oxygen atoms in total. The molecule has 1 fully saturated rings. The number of carbonyl (C=O) groups is 1. The van der Waals surface area contributed by atoms with Crippen LogP contribution in [0.5, 0.6) is 0 Å². The van der Waals surface area contributed by atoms with Crippen LogP contribution in [-0.2, 0) is 9.53 Å². The van der Waals surface area contributed by atoms with Crippen molar-refractivity contribution in [1.82, 2.24) is 10.6 Å². The van der Waals surface area contributed by atoms with E-state index in [0.717, 1.165) is 31.5 Å². The summed E-state index contributed by atoms with van der Waals surface area (Å²) in [7, 11) is 0. The standard InChI is InChI=1S/C17H26N2O2/c1-13-4-3-5-15(12-13)14(2)19-17(20)8-11-21-16-6-9-18-10-7-16/h3-5,12,14,16,18H,6-11H2,1-2H3,(H,19,20)/t14-/m1/s1. The van der Waals surface area contributed by atoms with Gasteiger partial charge >= 0.3 is 0 Å². The Bertz CT molecular complexity index is 456. The molecule has 1 aliphatic heterocycles. The maximum atomic E-state index is 11.9. The van der Waals surface area contributed by atoms with E-state index >= 15 is 0 Å². The molecule has 0 unspecified atom stereocenters. The first-order chi connectivity index (χ1) is 10.1. The SMILES string of the molecule is Cc1cccc([C@@H](C)NC(=O)CCOC2CCNCC2)c1. The van der Waals surface area contributed by atoms with Crippen molar-refractivity contribution >= 4 is 5.91 Å². The molecule has 0 aromatic heterocycles. The van der Waals surface area contributed by atoms with Gasteiger partial charge in [-0.3, -0.25) is 4.79 Å². The Morgan fingerprint density at radius 2 is 2.19 bits per heavy atom. The molecule has 116 valence electrons. The Hall–Kier alpha value is -1.39. The highest BCUT2D eigenvalue weighted by Crippen LogP contribution is 2.14.